The van der Waals surface area contributed by atoms with Crippen molar-refractivity contribution in [3.05, 3.63) is 38.9 Å². The van der Waals surface area contributed by atoms with Crippen LogP contribution in [0.25, 0.3) is 0 Å². The lowest BCUT2D eigenvalue weighted by Gasteiger charge is -2.19. The van der Waals surface area contributed by atoms with Crippen molar-refractivity contribution in [3.63, 3.8) is 0 Å². The molecule has 1 aromatic carbocycles. The molecule has 0 fully saturated rings. The first kappa shape index (κ1) is 16.8. The van der Waals surface area contributed by atoms with Gasteiger partial charge >= 0.3 is 5.97 Å². The molecule has 1 rings (SSSR count). The maximum Gasteiger partial charge on any atom is 0.316 e. The van der Waals surface area contributed by atoms with Crippen LogP contribution in [-0.4, -0.2) is 22.2 Å². The van der Waals surface area contributed by atoms with Gasteiger partial charge in [0.25, 0.3) is 5.69 Å². The van der Waals surface area contributed by atoms with Gasteiger partial charge in [-0.05, 0) is 32.4 Å². The Morgan fingerprint density at radius 1 is 1.45 bits per heavy atom. The van der Waals surface area contributed by atoms with Crippen LogP contribution in [-0.2, 0) is 15.3 Å². The minimum absolute atomic E-state index is 0.0118. The smallest absolute Gasteiger partial charge is 0.316 e. The molecule has 0 bridgehead atoms. The van der Waals surface area contributed by atoms with Crippen LogP contribution in [0.1, 0.15) is 26.3 Å². The summed E-state index contributed by atoms with van der Waals surface area (Å²) in [6.45, 7) is 5.40. The van der Waals surface area contributed by atoms with E-state index in [0.29, 0.717) is 16.3 Å². The van der Waals surface area contributed by atoms with Gasteiger partial charge in [0.15, 0.2) is 0 Å². The molecule has 7 heteroatoms. The van der Waals surface area contributed by atoms with Gasteiger partial charge in [0.2, 0.25) is 0 Å². The van der Waals surface area contributed by atoms with Crippen LogP contribution in [0.4, 0.5) is 5.69 Å². The van der Waals surface area contributed by atoms with Gasteiger partial charge in [-0.3, -0.25) is 14.9 Å². The fraction of sp³-hybridized carbons (Fsp3) is 0.462. The molecule has 0 atom stereocenters. The molecule has 0 heterocycles. The first-order valence-corrected chi connectivity index (χ1v) is 7.45. The minimum Gasteiger partial charge on any atom is -0.459 e. The highest BCUT2D eigenvalue weighted by atomic mass is 35.5. The van der Waals surface area contributed by atoms with Gasteiger partial charge in [-0.25, -0.2) is 0 Å². The van der Waals surface area contributed by atoms with E-state index in [1.54, 1.807) is 20.8 Å². The van der Waals surface area contributed by atoms with Gasteiger partial charge in [0.1, 0.15) is 5.60 Å². The zero-order chi connectivity index (χ0) is 15.3. The second-order valence-corrected chi connectivity index (χ2v) is 6.50. The molecular weight excluding hydrogens is 302 g/mol. The molecule has 0 saturated heterocycles. The zero-order valence-electron chi connectivity index (χ0n) is 11.5. The molecule has 1 aromatic rings. The predicted octanol–water partition coefficient (Wildman–Crippen LogP) is 3.82. The van der Waals surface area contributed by atoms with Crippen molar-refractivity contribution in [2.24, 2.45) is 0 Å². The minimum atomic E-state index is -0.513. The Balaban J connectivity index is 2.56. The van der Waals surface area contributed by atoms with E-state index < -0.39 is 10.5 Å². The van der Waals surface area contributed by atoms with Gasteiger partial charge in [0, 0.05) is 22.9 Å². The van der Waals surface area contributed by atoms with E-state index in [0.717, 1.165) is 0 Å². The monoisotopic (exact) mass is 317 g/mol. The average molecular weight is 318 g/mol. The Morgan fingerprint density at radius 2 is 2.10 bits per heavy atom. The molecule has 0 aromatic heterocycles. The molecule has 0 saturated carbocycles. The molecule has 0 aliphatic heterocycles. The lowest BCUT2D eigenvalue weighted by molar-refractivity contribution is -0.384. The van der Waals surface area contributed by atoms with Gasteiger partial charge in [-0.15, -0.1) is 11.8 Å². The van der Waals surface area contributed by atoms with E-state index in [9.17, 15) is 14.9 Å². The Hall–Kier alpha value is -1.27. The largest absolute Gasteiger partial charge is 0.459 e. The fourth-order valence-corrected chi connectivity index (χ4v) is 2.45. The number of esters is 1. The van der Waals surface area contributed by atoms with Crippen LogP contribution in [0.2, 0.25) is 5.02 Å². The van der Waals surface area contributed by atoms with Crippen molar-refractivity contribution < 1.29 is 14.5 Å². The van der Waals surface area contributed by atoms with Gasteiger partial charge in [-0.1, -0.05) is 11.6 Å². The summed E-state index contributed by atoms with van der Waals surface area (Å²) in [6, 6.07) is 4.26. The summed E-state index contributed by atoms with van der Waals surface area (Å²) in [6.07, 6.45) is 0. The number of non-ortho nitro benzene ring substituents is 1. The van der Waals surface area contributed by atoms with Crippen molar-refractivity contribution in [3.8, 4) is 0 Å². The molecule has 0 aliphatic carbocycles. The summed E-state index contributed by atoms with van der Waals surface area (Å²) in [7, 11) is 0. The molecule has 0 amide bonds. The molecule has 0 radical (unpaired) electrons. The summed E-state index contributed by atoms with van der Waals surface area (Å²) >= 11 is 7.28. The number of carbonyl (C=O) groups excluding carboxylic acids is 1. The Morgan fingerprint density at radius 3 is 2.65 bits per heavy atom. The number of nitro groups is 1. The van der Waals surface area contributed by atoms with Crippen LogP contribution < -0.4 is 0 Å². The number of hydrogen-bond donors (Lipinski definition) is 0. The van der Waals surface area contributed by atoms with E-state index in [4.69, 9.17) is 16.3 Å². The number of rotatable bonds is 5. The summed E-state index contributed by atoms with van der Waals surface area (Å²) in [4.78, 5) is 21.7. The average Bonchev–Trinajstić information content (AvgIpc) is 2.28. The molecule has 0 N–H and O–H groups in total. The first-order valence-electron chi connectivity index (χ1n) is 5.91. The Kier molecular flexibility index (Phi) is 5.83. The number of nitro benzene ring substituents is 1. The summed E-state index contributed by atoms with van der Waals surface area (Å²) in [5.41, 5.74) is 0.109. The van der Waals surface area contributed by atoms with Crippen molar-refractivity contribution in [1.29, 1.82) is 0 Å². The van der Waals surface area contributed by atoms with Crippen molar-refractivity contribution in [2.75, 3.05) is 5.75 Å². The van der Waals surface area contributed by atoms with Crippen LogP contribution >= 0.6 is 23.4 Å². The SMILES string of the molecule is CC(C)(C)OC(=O)CSCc1cc([N+](=O)[O-])ccc1Cl. The Bertz CT molecular complexity index is 514. The number of benzene rings is 1. The zero-order valence-corrected chi connectivity index (χ0v) is 13.1. The molecule has 110 valence electrons. The number of ether oxygens (including phenoxy) is 1. The highest BCUT2D eigenvalue weighted by molar-refractivity contribution is 7.99. The van der Waals surface area contributed by atoms with Crippen molar-refractivity contribution >= 4 is 35.0 Å². The van der Waals surface area contributed by atoms with Crippen molar-refractivity contribution in [2.45, 2.75) is 32.1 Å². The second kappa shape index (κ2) is 6.95. The lowest BCUT2D eigenvalue weighted by atomic mass is 10.2. The third kappa shape index (κ3) is 5.79. The lowest BCUT2D eigenvalue weighted by Crippen LogP contribution is -2.24. The van der Waals surface area contributed by atoms with Gasteiger partial charge < -0.3 is 4.74 Å². The Labute approximate surface area is 126 Å². The van der Waals surface area contributed by atoms with E-state index in [1.165, 1.54) is 30.0 Å². The number of halogens is 1. The van der Waals surface area contributed by atoms with Gasteiger partial charge in [-0.2, -0.15) is 0 Å². The van der Waals surface area contributed by atoms with Crippen molar-refractivity contribution in [1.82, 2.24) is 0 Å². The molecule has 5 nitrogen and oxygen atoms in total. The maximum atomic E-state index is 11.5. The fourth-order valence-electron chi connectivity index (χ4n) is 1.40. The van der Waals surface area contributed by atoms with Crippen LogP contribution in [0.15, 0.2) is 18.2 Å². The van der Waals surface area contributed by atoms with E-state index in [-0.39, 0.29) is 17.4 Å². The molecule has 0 unspecified atom stereocenters. The van der Waals surface area contributed by atoms with Crippen LogP contribution in [0.3, 0.4) is 0 Å². The number of nitrogens with zero attached hydrogens (tertiary/aromatic N) is 1. The molecular formula is C13H16ClNO4S. The quantitative estimate of drug-likeness (QED) is 0.469. The van der Waals surface area contributed by atoms with E-state index in [2.05, 4.69) is 0 Å². The molecule has 20 heavy (non-hydrogen) atoms. The van der Waals surface area contributed by atoms with E-state index in [1.807, 2.05) is 0 Å². The number of thioether (sulfide) groups is 1. The number of hydrogen-bond acceptors (Lipinski definition) is 5. The molecule has 0 aliphatic rings. The van der Waals surface area contributed by atoms with E-state index >= 15 is 0 Å². The third-order valence-corrected chi connectivity index (χ3v) is 3.46. The van der Waals surface area contributed by atoms with Gasteiger partial charge in [0.05, 0.1) is 10.7 Å². The number of carbonyl (C=O) groups is 1. The predicted molar refractivity (Wildman–Crippen MR) is 80.1 cm³/mol. The first-order chi connectivity index (χ1) is 9.19. The van der Waals surface area contributed by atoms with Crippen LogP contribution in [0, 0.1) is 10.1 Å². The van der Waals surface area contributed by atoms with Crippen LogP contribution in [0.5, 0.6) is 0 Å². The highest BCUT2D eigenvalue weighted by Crippen LogP contribution is 2.26. The maximum absolute atomic E-state index is 11.5. The normalized spacial score (nSPS) is 11.2. The molecule has 0 spiro atoms. The summed E-state index contributed by atoms with van der Waals surface area (Å²) in [5, 5.41) is 11.1. The summed E-state index contributed by atoms with van der Waals surface area (Å²) in [5.74, 6) is 0.278. The second-order valence-electron chi connectivity index (χ2n) is 5.11. The topological polar surface area (TPSA) is 69.4 Å². The standard InChI is InChI=1S/C13H16ClNO4S/c1-13(2,3)19-12(16)8-20-7-9-6-10(15(17)18)4-5-11(9)14/h4-6H,7-8H2,1-3H3. The third-order valence-electron chi connectivity index (χ3n) is 2.14. The summed E-state index contributed by atoms with van der Waals surface area (Å²) < 4.78 is 5.17. The highest BCUT2D eigenvalue weighted by Gasteiger charge is 2.16.